The fraction of sp³-hybridized carbons (Fsp3) is 0.750. The van der Waals surface area contributed by atoms with Crippen LogP contribution in [0, 0.1) is 11.3 Å². The molecule has 0 aliphatic rings. The highest BCUT2D eigenvalue weighted by Gasteiger charge is 1.88. The van der Waals surface area contributed by atoms with E-state index in [1.54, 1.807) is 0 Å². The molecule has 0 amide bonds. The highest BCUT2D eigenvalue weighted by Crippen LogP contribution is 1.77. The van der Waals surface area contributed by atoms with Crippen molar-refractivity contribution in [1.29, 1.82) is 5.26 Å². The molecule has 2 nitrogen and oxygen atoms in total. The van der Waals surface area contributed by atoms with Gasteiger partial charge in [0.25, 0.3) is 0 Å². The van der Waals surface area contributed by atoms with E-state index in [2.05, 4.69) is 0 Å². The van der Waals surface area contributed by atoms with Gasteiger partial charge in [0.05, 0.1) is 12.1 Å². The summed E-state index contributed by atoms with van der Waals surface area (Å²) < 4.78 is 0. The van der Waals surface area contributed by atoms with Crippen molar-refractivity contribution in [3.63, 3.8) is 0 Å². The minimum Gasteiger partial charge on any atom is -0.316 e. The van der Waals surface area contributed by atoms with Crippen LogP contribution in [-0.4, -0.2) is 6.04 Å². The molecule has 0 aromatic rings. The number of rotatable bonds is 1. The topological polar surface area (TPSA) is 49.8 Å². The molecular weight excluding hydrogens is 76.1 g/mol. The van der Waals surface area contributed by atoms with E-state index in [0.29, 0.717) is 0 Å². The fourth-order valence-electron chi connectivity index (χ4n) is 0.0913. The lowest BCUT2D eigenvalue weighted by molar-refractivity contribution is 0.795. The molecule has 6 heavy (non-hydrogen) atoms. The Balaban J connectivity index is 3.04. The number of nitriles is 1. The van der Waals surface area contributed by atoms with Crippen LogP contribution in [0.4, 0.5) is 0 Å². The molecule has 0 radical (unpaired) electrons. The SMILES string of the molecule is CCC(N)C#N. The average Bonchev–Trinajstić information content (AvgIpc) is 1.65. The molecule has 1 unspecified atom stereocenters. The van der Waals surface area contributed by atoms with Gasteiger partial charge >= 0.3 is 0 Å². The van der Waals surface area contributed by atoms with Crippen LogP contribution in [0.25, 0.3) is 0 Å². The van der Waals surface area contributed by atoms with E-state index in [-0.39, 0.29) is 6.04 Å². The zero-order valence-electron chi connectivity index (χ0n) is 3.81. The molecule has 0 bridgehead atoms. The van der Waals surface area contributed by atoms with Gasteiger partial charge in [-0.3, -0.25) is 0 Å². The molecule has 2 N–H and O–H groups in total. The zero-order chi connectivity index (χ0) is 4.99. The maximum absolute atomic E-state index is 7.96. The van der Waals surface area contributed by atoms with Gasteiger partial charge in [-0.2, -0.15) is 5.26 Å². The third kappa shape index (κ3) is 1.74. The first kappa shape index (κ1) is 5.45. The van der Waals surface area contributed by atoms with Gasteiger partial charge in [0.1, 0.15) is 0 Å². The molecular formula is C4H8N2. The Hall–Kier alpha value is -0.550. The first-order valence-corrected chi connectivity index (χ1v) is 1.96. The number of nitrogens with two attached hydrogens (primary N) is 1. The largest absolute Gasteiger partial charge is 0.316 e. The third-order valence-electron chi connectivity index (χ3n) is 0.606. The van der Waals surface area contributed by atoms with Gasteiger partial charge < -0.3 is 5.73 Å². The van der Waals surface area contributed by atoms with Crippen molar-refractivity contribution in [2.24, 2.45) is 5.73 Å². The predicted molar refractivity (Wildman–Crippen MR) is 23.9 cm³/mol. The summed E-state index contributed by atoms with van der Waals surface area (Å²) >= 11 is 0. The second-order valence-electron chi connectivity index (χ2n) is 1.14. The zero-order valence-corrected chi connectivity index (χ0v) is 3.81. The Labute approximate surface area is 37.6 Å². The molecule has 0 spiro atoms. The second-order valence-corrected chi connectivity index (χ2v) is 1.14. The molecule has 0 saturated heterocycles. The van der Waals surface area contributed by atoms with E-state index in [9.17, 15) is 0 Å². The van der Waals surface area contributed by atoms with E-state index in [1.807, 2.05) is 13.0 Å². The lowest BCUT2D eigenvalue weighted by atomic mass is 10.3. The average molecular weight is 84.1 g/mol. The monoisotopic (exact) mass is 84.1 g/mol. The van der Waals surface area contributed by atoms with Crippen molar-refractivity contribution in [1.82, 2.24) is 0 Å². The molecule has 0 aromatic heterocycles. The number of hydrogen-bond donors (Lipinski definition) is 1. The van der Waals surface area contributed by atoms with Crippen molar-refractivity contribution in [2.75, 3.05) is 0 Å². The molecule has 0 aliphatic carbocycles. The smallest absolute Gasteiger partial charge is 0.0925 e. The highest BCUT2D eigenvalue weighted by atomic mass is 14.6. The van der Waals surface area contributed by atoms with E-state index in [4.69, 9.17) is 11.0 Å². The van der Waals surface area contributed by atoms with E-state index < -0.39 is 0 Å². The molecule has 0 saturated carbocycles. The van der Waals surface area contributed by atoms with E-state index in [0.717, 1.165) is 6.42 Å². The Morgan fingerprint density at radius 3 is 2.50 bits per heavy atom. The minimum absolute atomic E-state index is 0.259. The standard InChI is InChI=1S/C4H8N2/c1-2-4(6)3-5/h4H,2,6H2,1H3. The molecule has 0 heterocycles. The van der Waals surface area contributed by atoms with Gasteiger partial charge in [-0.1, -0.05) is 6.92 Å². The van der Waals surface area contributed by atoms with Crippen LogP contribution in [0.15, 0.2) is 0 Å². The first-order chi connectivity index (χ1) is 2.81. The lowest BCUT2D eigenvalue weighted by Crippen LogP contribution is -2.14. The van der Waals surface area contributed by atoms with Crippen LogP contribution in [0.1, 0.15) is 13.3 Å². The normalized spacial score (nSPS) is 12.8. The van der Waals surface area contributed by atoms with Gasteiger partial charge in [0.15, 0.2) is 0 Å². The summed E-state index contributed by atoms with van der Waals surface area (Å²) in [5.74, 6) is 0. The Morgan fingerprint density at radius 2 is 2.50 bits per heavy atom. The Bertz CT molecular complexity index is 62.4. The summed E-state index contributed by atoms with van der Waals surface area (Å²) in [6.45, 7) is 1.88. The molecule has 0 aliphatic heterocycles. The van der Waals surface area contributed by atoms with Crippen molar-refractivity contribution in [2.45, 2.75) is 19.4 Å². The fourth-order valence-corrected chi connectivity index (χ4v) is 0.0913. The summed E-state index contributed by atoms with van der Waals surface area (Å²) in [4.78, 5) is 0. The Morgan fingerprint density at radius 1 is 2.00 bits per heavy atom. The van der Waals surface area contributed by atoms with Gasteiger partial charge in [0, 0.05) is 0 Å². The summed E-state index contributed by atoms with van der Waals surface area (Å²) in [5.41, 5.74) is 5.11. The molecule has 1 atom stereocenters. The van der Waals surface area contributed by atoms with Gasteiger partial charge in [0.2, 0.25) is 0 Å². The Kier molecular flexibility index (Phi) is 2.43. The molecule has 34 valence electrons. The second kappa shape index (κ2) is 2.67. The quantitative estimate of drug-likeness (QED) is 0.495. The molecule has 0 aromatic carbocycles. The number of hydrogen-bond acceptors (Lipinski definition) is 2. The molecule has 0 rings (SSSR count). The van der Waals surface area contributed by atoms with Crippen LogP contribution in [0.2, 0.25) is 0 Å². The highest BCUT2D eigenvalue weighted by molar-refractivity contribution is 4.84. The van der Waals surface area contributed by atoms with Crippen LogP contribution >= 0.6 is 0 Å². The van der Waals surface area contributed by atoms with Gasteiger partial charge in [-0.05, 0) is 6.42 Å². The minimum atomic E-state index is -0.259. The maximum Gasteiger partial charge on any atom is 0.0925 e. The van der Waals surface area contributed by atoms with Crippen molar-refractivity contribution in [3.05, 3.63) is 0 Å². The lowest BCUT2D eigenvalue weighted by Gasteiger charge is -1.88. The van der Waals surface area contributed by atoms with E-state index in [1.165, 1.54) is 0 Å². The van der Waals surface area contributed by atoms with E-state index >= 15 is 0 Å². The predicted octanol–water partition coefficient (Wildman–Crippen LogP) is 0.247. The van der Waals surface area contributed by atoms with Crippen LogP contribution in [0.3, 0.4) is 0 Å². The van der Waals surface area contributed by atoms with Crippen molar-refractivity contribution < 1.29 is 0 Å². The van der Waals surface area contributed by atoms with Crippen molar-refractivity contribution >= 4 is 0 Å². The number of nitrogens with zero attached hydrogens (tertiary/aromatic N) is 1. The summed E-state index contributed by atoms with van der Waals surface area (Å²) in [6, 6.07) is 1.63. The molecule has 2 heteroatoms. The summed E-state index contributed by atoms with van der Waals surface area (Å²) in [7, 11) is 0. The van der Waals surface area contributed by atoms with Crippen LogP contribution in [-0.2, 0) is 0 Å². The van der Waals surface area contributed by atoms with Crippen LogP contribution in [0.5, 0.6) is 0 Å². The van der Waals surface area contributed by atoms with Crippen molar-refractivity contribution in [3.8, 4) is 6.07 Å². The third-order valence-corrected chi connectivity index (χ3v) is 0.606. The van der Waals surface area contributed by atoms with Gasteiger partial charge in [-0.15, -0.1) is 0 Å². The summed E-state index contributed by atoms with van der Waals surface area (Å²) in [6.07, 6.45) is 0.747. The van der Waals surface area contributed by atoms with Crippen LogP contribution < -0.4 is 5.73 Å². The van der Waals surface area contributed by atoms with Gasteiger partial charge in [-0.25, -0.2) is 0 Å². The molecule has 0 fully saturated rings. The maximum atomic E-state index is 7.96. The summed E-state index contributed by atoms with van der Waals surface area (Å²) in [5, 5.41) is 7.96. The first-order valence-electron chi connectivity index (χ1n) is 1.96.